The summed E-state index contributed by atoms with van der Waals surface area (Å²) in [7, 11) is 0. The normalized spacial score (nSPS) is 10.7. The lowest BCUT2D eigenvalue weighted by molar-refractivity contribution is 0.269. The average molecular weight is 392 g/mol. The van der Waals surface area contributed by atoms with Gasteiger partial charge in [0.2, 0.25) is 5.95 Å². The summed E-state index contributed by atoms with van der Waals surface area (Å²) in [5.41, 5.74) is 1.80. The Labute approximate surface area is 159 Å². The zero-order chi connectivity index (χ0) is 18.4. The molecule has 0 bridgehead atoms. The number of hydrogen-bond acceptors (Lipinski definition) is 8. The molecule has 0 unspecified atom stereocenters. The highest BCUT2D eigenvalue weighted by atomic mass is 35.5. The molecule has 136 valence electrons. The van der Waals surface area contributed by atoms with Crippen molar-refractivity contribution in [3.63, 3.8) is 0 Å². The van der Waals surface area contributed by atoms with Crippen LogP contribution in [0.25, 0.3) is 0 Å². The molecule has 0 atom stereocenters. The SMILES string of the molecule is NSc1ccc(CNc2nc(Nc3cnn(CCO)c3)ncc2Cl)cc1. The van der Waals surface area contributed by atoms with Gasteiger partial charge in [0.25, 0.3) is 0 Å². The molecule has 0 radical (unpaired) electrons. The molecule has 2 heterocycles. The summed E-state index contributed by atoms with van der Waals surface area (Å²) in [6.45, 7) is 1.02. The maximum absolute atomic E-state index is 8.93. The lowest BCUT2D eigenvalue weighted by Crippen LogP contribution is -2.05. The first-order chi connectivity index (χ1) is 12.7. The van der Waals surface area contributed by atoms with Crippen LogP contribution in [-0.4, -0.2) is 31.5 Å². The third kappa shape index (κ3) is 4.85. The summed E-state index contributed by atoms with van der Waals surface area (Å²) in [4.78, 5) is 9.57. The Morgan fingerprint density at radius 2 is 2.04 bits per heavy atom. The molecule has 0 spiro atoms. The fraction of sp³-hybridized carbons (Fsp3) is 0.188. The van der Waals surface area contributed by atoms with Crippen LogP contribution in [0.4, 0.5) is 17.5 Å². The number of hydrogen-bond donors (Lipinski definition) is 4. The minimum Gasteiger partial charge on any atom is -0.394 e. The molecule has 10 heteroatoms. The van der Waals surface area contributed by atoms with Gasteiger partial charge in [0, 0.05) is 17.6 Å². The molecule has 26 heavy (non-hydrogen) atoms. The first kappa shape index (κ1) is 18.5. The van der Waals surface area contributed by atoms with Crippen LogP contribution in [0.15, 0.2) is 47.8 Å². The lowest BCUT2D eigenvalue weighted by atomic mass is 10.2. The Bertz CT molecular complexity index is 856. The number of nitrogens with one attached hydrogen (secondary N) is 2. The van der Waals surface area contributed by atoms with Crippen molar-refractivity contribution >= 4 is 41.0 Å². The number of nitrogens with two attached hydrogens (primary N) is 1. The molecule has 3 aromatic rings. The van der Waals surface area contributed by atoms with Crippen molar-refractivity contribution in [2.45, 2.75) is 18.0 Å². The molecule has 0 aliphatic carbocycles. The van der Waals surface area contributed by atoms with E-state index in [1.165, 1.54) is 18.1 Å². The van der Waals surface area contributed by atoms with Crippen molar-refractivity contribution < 1.29 is 5.11 Å². The second kappa shape index (κ2) is 8.86. The molecule has 2 aromatic heterocycles. The van der Waals surface area contributed by atoms with Gasteiger partial charge >= 0.3 is 0 Å². The smallest absolute Gasteiger partial charge is 0.229 e. The first-order valence-corrected chi connectivity index (χ1v) is 9.06. The van der Waals surface area contributed by atoms with Crippen LogP contribution in [0.2, 0.25) is 5.02 Å². The maximum Gasteiger partial charge on any atom is 0.229 e. The number of anilines is 3. The highest BCUT2D eigenvalue weighted by Crippen LogP contribution is 2.22. The Kier molecular flexibility index (Phi) is 6.29. The number of aliphatic hydroxyl groups is 1. The van der Waals surface area contributed by atoms with Gasteiger partial charge in [-0.2, -0.15) is 10.1 Å². The molecule has 0 amide bonds. The number of aliphatic hydroxyl groups excluding tert-OH is 1. The minimum absolute atomic E-state index is 0.0254. The first-order valence-electron chi connectivity index (χ1n) is 7.80. The highest BCUT2D eigenvalue weighted by molar-refractivity contribution is 7.97. The van der Waals surface area contributed by atoms with E-state index in [4.69, 9.17) is 21.8 Å². The Morgan fingerprint density at radius 3 is 2.77 bits per heavy atom. The van der Waals surface area contributed by atoms with Gasteiger partial charge in [-0.25, -0.2) is 4.98 Å². The topological polar surface area (TPSA) is 114 Å². The van der Waals surface area contributed by atoms with Crippen LogP contribution < -0.4 is 15.8 Å². The van der Waals surface area contributed by atoms with E-state index in [1.54, 1.807) is 17.1 Å². The average Bonchev–Trinajstić information content (AvgIpc) is 3.10. The number of halogens is 1. The van der Waals surface area contributed by atoms with Crippen molar-refractivity contribution in [3.8, 4) is 0 Å². The summed E-state index contributed by atoms with van der Waals surface area (Å²) < 4.78 is 1.63. The van der Waals surface area contributed by atoms with Crippen molar-refractivity contribution in [2.24, 2.45) is 5.14 Å². The Balaban J connectivity index is 1.66. The molecule has 0 aliphatic heterocycles. The second-order valence-corrected chi connectivity index (χ2v) is 6.46. The molecular weight excluding hydrogens is 374 g/mol. The number of benzene rings is 1. The predicted octanol–water partition coefficient (Wildman–Crippen LogP) is 2.64. The van der Waals surface area contributed by atoms with Gasteiger partial charge in [-0.05, 0) is 29.6 Å². The summed E-state index contributed by atoms with van der Waals surface area (Å²) >= 11 is 7.39. The molecular formula is C16H18ClN7OS. The van der Waals surface area contributed by atoms with Crippen LogP contribution in [-0.2, 0) is 13.1 Å². The summed E-state index contributed by atoms with van der Waals surface area (Å²) in [5.74, 6) is 0.930. The molecule has 5 N–H and O–H groups in total. The molecule has 0 saturated carbocycles. The van der Waals surface area contributed by atoms with Crippen molar-refractivity contribution in [3.05, 3.63) is 53.4 Å². The molecule has 3 rings (SSSR count). The third-order valence-corrected chi connectivity index (χ3v) is 4.30. The second-order valence-electron chi connectivity index (χ2n) is 5.35. The Morgan fingerprint density at radius 1 is 1.23 bits per heavy atom. The van der Waals surface area contributed by atoms with Crippen LogP contribution in [0.1, 0.15) is 5.56 Å². The quantitative estimate of drug-likeness (QED) is 0.433. The van der Waals surface area contributed by atoms with Gasteiger partial charge in [-0.3, -0.25) is 9.82 Å². The van der Waals surface area contributed by atoms with Gasteiger partial charge in [-0.1, -0.05) is 23.7 Å². The van der Waals surface area contributed by atoms with Gasteiger partial charge in [0.1, 0.15) is 5.02 Å². The van der Waals surface area contributed by atoms with Crippen LogP contribution in [0, 0.1) is 0 Å². The fourth-order valence-corrected chi connectivity index (χ4v) is 2.66. The molecule has 0 aliphatic rings. The predicted molar refractivity (Wildman–Crippen MR) is 103 cm³/mol. The fourth-order valence-electron chi connectivity index (χ4n) is 2.20. The zero-order valence-electron chi connectivity index (χ0n) is 13.8. The molecule has 0 fully saturated rings. The van der Waals surface area contributed by atoms with Gasteiger partial charge < -0.3 is 15.7 Å². The third-order valence-electron chi connectivity index (χ3n) is 3.48. The summed E-state index contributed by atoms with van der Waals surface area (Å²) in [5, 5.41) is 25.3. The summed E-state index contributed by atoms with van der Waals surface area (Å²) in [6, 6.07) is 7.90. The molecule has 8 nitrogen and oxygen atoms in total. The van der Waals surface area contributed by atoms with Crippen molar-refractivity contribution in [1.82, 2.24) is 19.7 Å². The van der Waals surface area contributed by atoms with E-state index in [0.29, 0.717) is 29.9 Å². The number of aromatic nitrogens is 4. The number of rotatable bonds is 8. The van der Waals surface area contributed by atoms with Crippen molar-refractivity contribution in [2.75, 3.05) is 17.2 Å². The van der Waals surface area contributed by atoms with E-state index in [0.717, 1.165) is 16.1 Å². The molecule has 1 aromatic carbocycles. The van der Waals surface area contributed by atoms with E-state index < -0.39 is 0 Å². The van der Waals surface area contributed by atoms with Crippen molar-refractivity contribution in [1.29, 1.82) is 0 Å². The van der Waals surface area contributed by atoms with E-state index in [-0.39, 0.29) is 6.61 Å². The van der Waals surface area contributed by atoms with Gasteiger partial charge in [-0.15, -0.1) is 0 Å². The van der Waals surface area contributed by atoms with E-state index in [2.05, 4.69) is 25.7 Å². The lowest BCUT2D eigenvalue weighted by Gasteiger charge is -2.09. The largest absolute Gasteiger partial charge is 0.394 e. The van der Waals surface area contributed by atoms with Gasteiger partial charge in [0.15, 0.2) is 5.82 Å². The number of nitrogens with zero attached hydrogens (tertiary/aromatic N) is 4. The van der Waals surface area contributed by atoms with Crippen LogP contribution in [0.3, 0.4) is 0 Å². The van der Waals surface area contributed by atoms with E-state index in [9.17, 15) is 0 Å². The highest BCUT2D eigenvalue weighted by Gasteiger charge is 2.07. The molecule has 0 saturated heterocycles. The monoisotopic (exact) mass is 391 g/mol. The van der Waals surface area contributed by atoms with E-state index >= 15 is 0 Å². The van der Waals surface area contributed by atoms with Gasteiger partial charge in [0.05, 0.1) is 31.2 Å². The Hall–Kier alpha value is -2.33. The minimum atomic E-state index is 0.0254. The maximum atomic E-state index is 8.93. The summed E-state index contributed by atoms with van der Waals surface area (Å²) in [6.07, 6.45) is 4.93. The van der Waals surface area contributed by atoms with E-state index in [1.807, 2.05) is 24.3 Å². The van der Waals surface area contributed by atoms with Crippen LogP contribution >= 0.6 is 23.5 Å². The van der Waals surface area contributed by atoms with Crippen LogP contribution in [0.5, 0.6) is 0 Å². The standard InChI is InChI=1S/C16H18ClN7OS/c17-14-9-20-16(22-12-8-21-24(10-12)5-6-25)23-15(14)19-7-11-1-3-13(26-18)4-2-11/h1-4,8-10,25H,5-7,18H2,(H2,19,20,22,23). The zero-order valence-corrected chi connectivity index (χ0v) is 15.3.